The van der Waals surface area contributed by atoms with Crippen molar-refractivity contribution in [2.24, 2.45) is 17.8 Å². The van der Waals surface area contributed by atoms with Crippen molar-refractivity contribution >= 4 is 5.91 Å². The van der Waals surface area contributed by atoms with Crippen LogP contribution in [0.5, 0.6) is 11.5 Å². The van der Waals surface area contributed by atoms with Crippen molar-refractivity contribution in [2.45, 2.75) is 45.4 Å². The van der Waals surface area contributed by atoms with E-state index in [1.54, 1.807) is 0 Å². The molecule has 3 heterocycles. The van der Waals surface area contributed by atoms with Crippen LogP contribution in [-0.2, 0) is 20.8 Å². The molecule has 0 unspecified atom stereocenters. The fourth-order valence-corrected chi connectivity index (χ4v) is 5.36. The SMILES string of the molecule is CCO[C@@H]1OC(C(=O)N2CCN(Cc3ccc4c(c3)OCO4)CC2)=C[C@H](C2CC2)[C@@H]1CCCO. The summed E-state index contributed by atoms with van der Waals surface area (Å²) in [5.41, 5.74) is 1.18. The molecule has 0 bridgehead atoms. The molecule has 3 atom stereocenters. The first kappa shape index (κ1) is 23.5. The lowest BCUT2D eigenvalue weighted by Gasteiger charge is -2.39. The molecule has 1 aliphatic carbocycles. The molecular formula is C26H36N2O6. The van der Waals surface area contributed by atoms with Gasteiger partial charge in [-0.05, 0) is 68.2 Å². The molecule has 0 spiro atoms. The van der Waals surface area contributed by atoms with Crippen molar-refractivity contribution < 1.29 is 28.8 Å². The summed E-state index contributed by atoms with van der Waals surface area (Å²) >= 11 is 0. The molecule has 4 aliphatic rings. The molecule has 34 heavy (non-hydrogen) atoms. The van der Waals surface area contributed by atoms with Gasteiger partial charge in [-0.15, -0.1) is 0 Å². The summed E-state index contributed by atoms with van der Waals surface area (Å²) in [5, 5.41) is 9.35. The van der Waals surface area contributed by atoms with Gasteiger partial charge >= 0.3 is 0 Å². The highest BCUT2D eigenvalue weighted by atomic mass is 16.7. The fraction of sp³-hybridized carbons (Fsp3) is 0.654. The lowest BCUT2D eigenvalue weighted by molar-refractivity contribution is -0.177. The van der Waals surface area contributed by atoms with E-state index in [0.717, 1.165) is 44.0 Å². The second kappa shape index (κ2) is 10.5. The molecular weight excluding hydrogens is 436 g/mol. The van der Waals surface area contributed by atoms with Crippen LogP contribution in [0.2, 0.25) is 0 Å². The maximum Gasteiger partial charge on any atom is 0.288 e. The van der Waals surface area contributed by atoms with Gasteiger partial charge in [0.2, 0.25) is 13.1 Å². The van der Waals surface area contributed by atoms with Gasteiger partial charge in [0.25, 0.3) is 5.91 Å². The molecule has 186 valence electrons. The number of aliphatic hydroxyl groups is 1. The Kier molecular flexibility index (Phi) is 7.27. The highest BCUT2D eigenvalue weighted by Gasteiger charge is 2.44. The third kappa shape index (κ3) is 5.19. The molecule has 1 aromatic carbocycles. The fourth-order valence-electron chi connectivity index (χ4n) is 5.36. The lowest BCUT2D eigenvalue weighted by atomic mass is 9.82. The van der Waals surface area contributed by atoms with Crippen LogP contribution < -0.4 is 9.47 Å². The normalized spacial score (nSPS) is 26.8. The molecule has 1 N–H and O–H groups in total. The summed E-state index contributed by atoms with van der Waals surface area (Å²) in [5.74, 6) is 3.08. The molecule has 3 aliphatic heterocycles. The average molecular weight is 473 g/mol. The highest BCUT2D eigenvalue weighted by molar-refractivity contribution is 5.91. The van der Waals surface area contributed by atoms with Crippen LogP contribution in [0.1, 0.15) is 38.2 Å². The van der Waals surface area contributed by atoms with E-state index in [1.807, 2.05) is 24.0 Å². The smallest absolute Gasteiger partial charge is 0.288 e. The van der Waals surface area contributed by atoms with Crippen LogP contribution in [-0.4, -0.2) is 73.3 Å². The number of fused-ring (bicyclic) bond motifs is 1. The number of benzene rings is 1. The molecule has 5 rings (SSSR count). The van der Waals surface area contributed by atoms with Crippen molar-refractivity contribution in [3.63, 3.8) is 0 Å². The number of piperazine rings is 1. The van der Waals surface area contributed by atoms with E-state index in [0.29, 0.717) is 31.4 Å². The Morgan fingerprint density at radius 3 is 2.68 bits per heavy atom. The van der Waals surface area contributed by atoms with Crippen molar-refractivity contribution in [1.82, 2.24) is 9.80 Å². The quantitative estimate of drug-likeness (QED) is 0.592. The minimum atomic E-state index is -0.418. The maximum atomic E-state index is 13.4. The van der Waals surface area contributed by atoms with Gasteiger partial charge in [-0.1, -0.05) is 6.07 Å². The summed E-state index contributed by atoms with van der Waals surface area (Å²) in [6.45, 7) is 6.73. The number of allylic oxidation sites excluding steroid dienone is 1. The zero-order valence-electron chi connectivity index (χ0n) is 20.0. The summed E-state index contributed by atoms with van der Waals surface area (Å²) in [6.07, 6.45) is 5.60. The van der Waals surface area contributed by atoms with Gasteiger partial charge < -0.3 is 29.0 Å². The van der Waals surface area contributed by atoms with E-state index >= 15 is 0 Å². The molecule has 1 aromatic rings. The van der Waals surface area contributed by atoms with E-state index in [-0.39, 0.29) is 31.1 Å². The number of rotatable bonds is 9. The molecule has 8 heteroatoms. The first-order valence-corrected chi connectivity index (χ1v) is 12.7. The summed E-state index contributed by atoms with van der Waals surface area (Å²) in [7, 11) is 0. The second-order valence-electron chi connectivity index (χ2n) is 9.67. The number of carbonyl (C=O) groups excluding carboxylic acids is 1. The molecule has 0 aromatic heterocycles. The highest BCUT2D eigenvalue weighted by Crippen LogP contribution is 2.47. The molecule has 1 saturated heterocycles. The van der Waals surface area contributed by atoms with Gasteiger partial charge in [0.05, 0.1) is 0 Å². The van der Waals surface area contributed by atoms with Crippen LogP contribution in [0.15, 0.2) is 30.0 Å². The first-order valence-electron chi connectivity index (χ1n) is 12.7. The summed E-state index contributed by atoms with van der Waals surface area (Å²) < 4.78 is 23.0. The predicted octanol–water partition coefficient (Wildman–Crippen LogP) is 2.75. The Morgan fingerprint density at radius 2 is 1.94 bits per heavy atom. The average Bonchev–Trinajstić information content (AvgIpc) is 3.60. The van der Waals surface area contributed by atoms with E-state index in [2.05, 4.69) is 17.0 Å². The van der Waals surface area contributed by atoms with Crippen molar-refractivity contribution in [3.8, 4) is 11.5 Å². The van der Waals surface area contributed by atoms with Gasteiger partial charge in [-0.3, -0.25) is 9.69 Å². The molecule has 1 saturated carbocycles. The standard InChI is InChI=1S/C26H36N2O6/c1-2-31-26-20(4-3-13-29)21(19-6-7-19)15-24(34-26)25(30)28-11-9-27(10-12-28)16-18-5-8-22-23(14-18)33-17-32-22/h5,8,14-15,19-21,26,29H,2-4,6-7,9-13,16-17H2,1H3/t20-,21+,26+/m0/s1. The maximum absolute atomic E-state index is 13.4. The Balaban J connectivity index is 1.20. The van der Waals surface area contributed by atoms with E-state index < -0.39 is 6.29 Å². The Hall–Kier alpha value is -2.29. The van der Waals surface area contributed by atoms with Gasteiger partial charge in [0.15, 0.2) is 17.3 Å². The Labute approximate surface area is 201 Å². The molecule has 0 radical (unpaired) electrons. The van der Waals surface area contributed by atoms with E-state index in [1.165, 1.54) is 18.4 Å². The minimum Gasteiger partial charge on any atom is -0.459 e. The number of hydrogen-bond donors (Lipinski definition) is 1. The van der Waals surface area contributed by atoms with Gasteiger partial charge in [-0.2, -0.15) is 0 Å². The zero-order chi connectivity index (χ0) is 23.5. The Bertz CT molecular complexity index is 893. The van der Waals surface area contributed by atoms with Crippen molar-refractivity contribution in [1.29, 1.82) is 0 Å². The monoisotopic (exact) mass is 472 g/mol. The van der Waals surface area contributed by atoms with E-state index in [9.17, 15) is 9.90 Å². The van der Waals surface area contributed by atoms with Crippen molar-refractivity contribution in [2.75, 3.05) is 46.2 Å². The van der Waals surface area contributed by atoms with Crippen LogP contribution in [0.3, 0.4) is 0 Å². The third-order valence-electron chi connectivity index (χ3n) is 7.34. The second-order valence-corrected chi connectivity index (χ2v) is 9.67. The number of aliphatic hydroxyl groups excluding tert-OH is 1. The zero-order valence-corrected chi connectivity index (χ0v) is 20.0. The van der Waals surface area contributed by atoms with Gasteiger partial charge in [0.1, 0.15) is 0 Å². The van der Waals surface area contributed by atoms with Crippen molar-refractivity contribution in [3.05, 3.63) is 35.6 Å². The molecule has 2 fully saturated rings. The van der Waals surface area contributed by atoms with Crippen LogP contribution in [0.25, 0.3) is 0 Å². The minimum absolute atomic E-state index is 0.0290. The van der Waals surface area contributed by atoms with Crippen LogP contribution in [0.4, 0.5) is 0 Å². The lowest BCUT2D eigenvalue weighted by Crippen LogP contribution is -2.50. The summed E-state index contributed by atoms with van der Waals surface area (Å²) in [4.78, 5) is 17.7. The van der Waals surface area contributed by atoms with Gasteiger partial charge in [0, 0.05) is 51.9 Å². The number of carbonyl (C=O) groups is 1. The van der Waals surface area contributed by atoms with Gasteiger partial charge in [-0.25, -0.2) is 0 Å². The van der Waals surface area contributed by atoms with Crippen LogP contribution in [0, 0.1) is 17.8 Å². The number of hydrogen-bond acceptors (Lipinski definition) is 7. The Morgan fingerprint density at radius 1 is 1.15 bits per heavy atom. The van der Waals surface area contributed by atoms with E-state index in [4.69, 9.17) is 18.9 Å². The topological polar surface area (TPSA) is 80.7 Å². The first-order chi connectivity index (χ1) is 16.7. The largest absolute Gasteiger partial charge is 0.459 e. The van der Waals surface area contributed by atoms with Crippen LogP contribution >= 0.6 is 0 Å². The summed E-state index contributed by atoms with van der Waals surface area (Å²) in [6, 6.07) is 6.08. The number of ether oxygens (including phenoxy) is 4. The molecule has 1 amide bonds. The molecule has 8 nitrogen and oxygen atoms in total. The predicted molar refractivity (Wildman–Crippen MR) is 125 cm³/mol. The number of amides is 1. The number of nitrogens with zero attached hydrogens (tertiary/aromatic N) is 2. The third-order valence-corrected chi connectivity index (χ3v) is 7.34.